The zero-order chi connectivity index (χ0) is 15.2. The topological polar surface area (TPSA) is 64.3 Å². The first kappa shape index (κ1) is 14.9. The molecule has 2 aromatic carbocycles. The Kier molecular flexibility index (Phi) is 4.82. The third-order valence-electron chi connectivity index (χ3n) is 3.31. The summed E-state index contributed by atoms with van der Waals surface area (Å²) >= 11 is 0. The van der Waals surface area contributed by atoms with E-state index in [1.54, 1.807) is 7.11 Å². The predicted molar refractivity (Wildman–Crippen MR) is 84.4 cm³/mol. The fraction of sp³-hybridized carbons (Fsp3) is 0.235. The molecule has 0 spiro atoms. The summed E-state index contributed by atoms with van der Waals surface area (Å²) in [6.45, 7) is 2.09. The molecule has 0 saturated heterocycles. The summed E-state index contributed by atoms with van der Waals surface area (Å²) in [6.07, 6.45) is 0.270. The van der Waals surface area contributed by atoms with Crippen molar-refractivity contribution in [3.63, 3.8) is 0 Å². The van der Waals surface area contributed by atoms with Crippen molar-refractivity contribution in [2.24, 2.45) is 5.73 Å². The molecule has 110 valence electrons. The molecule has 3 N–H and O–H groups in total. The van der Waals surface area contributed by atoms with Gasteiger partial charge in [0.15, 0.2) is 0 Å². The van der Waals surface area contributed by atoms with E-state index in [1.807, 2.05) is 42.5 Å². The van der Waals surface area contributed by atoms with Crippen LogP contribution >= 0.6 is 0 Å². The Bertz CT molecular complexity index is 608. The summed E-state index contributed by atoms with van der Waals surface area (Å²) in [5.41, 5.74) is 8.25. The fourth-order valence-corrected chi connectivity index (χ4v) is 2.16. The standard InChI is InChI=1S/C17H20N2O2/c1-12(14-4-3-5-16(11-14)21-2)19-15-8-6-13(7-9-15)10-17(18)20/h3-9,11-12,19H,10H2,1-2H3,(H2,18,20). The molecular formula is C17H20N2O2. The van der Waals surface area contributed by atoms with E-state index >= 15 is 0 Å². The lowest BCUT2D eigenvalue weighted by Crippen LogP contribution is -2.13. The molecule has 2 rings (SSSR count). The number of primary amides is 1. The van der Waals surface area contributed by atoms with E-state index in [0.717, 1.165) is 22.6 Å². The number of nitrogens with one attached hydrogen (secondary N) is 1. The van der Waals surface area contributed by atoms with E-state index in [4.69, 9.17) is 10.5 Å². The normalized spacial score (nSPS) is 11.7. The minimum absolute atomic E-state index is 0.155. The van der Waals surface area contributed by atoms with E-state index < -0.39 is 0 Å². The molecule has 0 aliphatic carbocycles. The average molecular weight is 284 g/mol. The second kappa shape index (κ2) is 6.79. The van der Waals surface area contributed by atoms with Crippen LogP contribution in [-0.2, 0) is 11.2 Å². The Balaban J connectivity index is 2.04. The number of anilines is 1. The van der Waals surface area contributed by atoms with Crippen LogP contribution in [0.3, 0.4) is 0 Å². The van der Waals surface area contributed by atoms with Gasteiger partial charge in [0.1, 0.15) is 5.75 Å². The fourth-order valence-electron chi connectivity index (χ4n) is 2.16. The van der Waals surface area contributed by atoms with Gasteiger partial charge >= 0.3 is 0 Å². The smallest absolute Gasteiger partial charge is 0.221 e. The van der Waals surface area contributed by atoms with Crippen LogP contribution in [0, 0.1) is 0 Å². The van der Waals surface area contributed by atoms with Gasteiger partial charge in [0, 0.05) is 11.7 Å². The highest BCUT2D eigenvalue weighted by Crippen LogP contribution is 2.23. The maximum atomic E-state index is 10.9. The molecule has 0 bridgehead atoms. The molecule has 0 aliphatic rings. The maximum absolute atomic E-state index is 10.9. The third kappa shape index (κ3) is 4.24. The van der Waals surface area contributed by atoms with E-state index in [0.29, 0.717) is 0 Å². The van der Waals surface area contributed by atoms with Gasteiger partial charge in [-0.25, -0.2) is 0 Å². The Morgan fingerprint density at radius 2 is 1.95 bits per heavy atom. The van der Waals surface area contributed by atoms with Crippen molar-refractivity contribution in [2.75, 3.05) is 12.4 Å². The number of carbonyl (C=O) groups is 1. The van der Waals surface area contributed by atoms with Gasteiger partial charge < -0.3 is 15.8 Å². The molecular weight excluding hydrogens is 264 g/mol. The molecule has 0 aliphatic heterocycles. The first-order valence-corrected chi connectivity index (χ1v) is 6.86. The van der Waals surface area contributed by atoms with Crippen molar-refractivity contribution >= 4 is 11.6 Å². The maximum Gasteiger partial charge on any atom is 0.221 e. The lowest BCUT2D eigenvalue weighted by atomic mass is 10.1. The van der Waals surface area contributed by atoms with Crippen molar-refractivity contribution in [2.45, 2.75) is 19.4 Å². The number of amides is 1. The molecule has 1 atom stereocenters. The highest BCUT2D eigenvalue weighted by Gasteiger charge is 2.06. The first-order chi connectivity index (χ1) is 10.1. The van der Waals surface area contributed by atoms with Crippen LogP contribution in [0.25, 0.3) is 0 Å². The van der Waals surface area contributed by atoms with Gasteiger partial charge in [-0.2, -0.15) is 0 Å². The summed E-state index contributed by atoms with van der Waals surface area (Å²) in [6, 6.07) is 15.8. The number of hydrogen-bond donors (Lipinski definition) is 2. The molecule has 0 heterocycles. The molecule has 0 fully saturated rings. The molecule has 4 heteroatoms. The Hall–Kier alpha value is -2.49. The van der Waals surface area contributed by atoms with Gasteiger partial charge in [-0.05, 0) is 42.3 Å². The van der Waals surface area contributed by atoms with Crippen LogP contribution in [0.2, 0.25) is 0 Å². The van der Waals surface area contributed by atoms with E-state index in [1.165, 1.54) is 0 Å². The summed E-state index contributed by atoms with van der Waals surface area (Å²) < 4.78 is 5.24. The monoisotopic (exact) mass is 284 g/mol. The van der Waals surface area contributed by atoms with Crippen LogP contribution in [0.15, 0.2) is 48.5 Å². The Morgan fingerprint density at radius 1 is 1.24 bits per heavy atom. The predicted octanol–water partition coefficient (Wildman–Crippen LogP) is 2.90. The second-order valence-corrected chi connectivity index (χ2v) is 4.98. The average Bonchev–Trinajstić information content (AvgIpc) is 2.49. The van der Waals surface area contributed by atoms with Crippen molar-refractivity contribution in [3.05, 3.63) is 59.7 Å². The molecule has 21 heavy (non-hydrogen) atoms. The summed E-state index contributed by atoms with van der Waals surface area (Å²) in [5, 5.41) is 3.42. The SMILES string of the molecule is COc1cccc(C(C)Nc2ccc(CC(N)=O)cc2)c1. The molecule has 0 saturated carbocycles. The van der Waals surface area contributed by atoms with E-state index in [9.17, 15) is 4.79 Å². The zero-order valence-electron chi connectivity index (χ0n) is 12.3. The largest absolute Gasteiger partial charge is 0.497 e. The van der Waals surface area contributed by atoms with Crippen molar-refractivity contribution in [3.8, 4) is 5.75 Å². The lowest BCUT2D eigenvalue weighted by Gasteiger charge is -2.16. The Morgan fingerprint density at radius 3 is 2.57 bits per heavy atom. The summed E-state index contributed by atoms with van der Waals surface area (Å²) in [4.78, 5) is 10.9. The number of ether oxygens (including phenoxy) is 1. The van der Waals surface area contributed by atoms with Gasteiger partial charge in [-0.15, -0.1) is 0 Å². The minimum Gasteiger partial charge on any atom is -0.497 e. The molecule has 2 aromatic rings. The number of methoxy groups -OCH3 is 1. The number of hydrogen-bond acceptors (Lipinski definition) is 3. The molecule has 0 aromatic heterocycles. The van der Waals surface area contributed by atoms with Gasteiger partial charge in [0.05, 0.1) is 13.5 Å². The highest BCUT2D eigenvalue weighted by molar-refractivity contribution is 5.76. The van der Waals surface area contributed by atoms with Gasteiger partial charge in [0.25, 0.3) is 0 Å². The molecule has 4 nitrogen and oxygen atoms in total. The molecule has 0 radical (unpaired) electrons. The highest BCUT2D eigenvalue weighted by atomic mass is 16.5. The van der Waals surface area contributed by atoms with Crippen LogP contribution in [0.1, 0.15) is 24.1 Å². The van der Waals surface area contributed by atoms with Crippen LogP contribution in [-0.4, -0.2) is 13.0 Å². The summed E-state index contributed by atoms with van der Waals surface area (Å²) in [5.74, 6) is 0.526. The third-order valence-corrected chi connectivity index (χ3v) is 3.31. The number of benzene rings is 2. The van der Waals surface area contributed by atoms with Crippen molar-refractivity contribution < 1.29 is 9.53 Å². The van der Waals surface area contributed by atoms with Gasteiger partial charge in [0.2, 0.25) is 5.91 Å². The van der Waals surface area contributed by atoms with Gasteiger partial charge in [-0.3, -0.25) is 4.79 Å². The molecule has 1 amide bonds. The first-order valence-electron chi connectivity index (χ1n) is 6.86. The van der Waals surface area contributed by atoms with Crippen LogP contribution in [0.4, 0.5) is 5.69 Å². The number of carbonyl (C=O) groups excluding carboxylic acids is 1. The van der Waals surface area contributed by atoms with Crippen molar-refractivity contribution in [1.29, 1.82) is 0 Å². The Labute approximate surface area is 124 Å². The zero-order valence-corrected chi connectivity index (χ0v) is 12.3. The van der Waals surface area contributed by atoms with Crippen LogP contribution in [0.5, 0.6) is 5.75 Å². The number of nitrogens with two attached hydrogens (primary N) is 1. The minimum atomic E-state index is -0.319. The lowest BCUT2D eigenvalue weighted by molar-refractivity contribution is -0.117. The van der Waals surface area contributed by atoms with E-state index in [2.05, 4.69) is 18.3 Å². The van der Waals surface area contributed by atoms with Gasteiger partial charge in [-0.1, -0.05) is 24.3 Å². The quantitative estimate of drug-likeness (QED) is 0.857. The second-order valence-electron chi connectivity index (χ2n) is 4.98. The van der Waals surface area contributed by atoms with Crippen LogP contribution < -0.4 is 15.8 Å². The number of rotatable bonds is 6. The summed E-state index contributed by atoms with van der Waals surface area (Å²) in [7, 11) is 1.66. The van der Waals surface area contributed by atoms with Crippen molar-refractivity contribution in [1.82, 2.24) is 0 Å². The molecule has 1 unspecified atom stereocenters. The van der Waals surface area contributed by atoms with E-state index in [-0.39, 0.29) is 18.4 Å².